The van der Waals surface area contributed by atoms with Crippen LogP contribution in [0, 0.1) is 6.92 Å². The first-order valence-electron chi connectivity index (χ1n) is 6.54. The molecular weight excluding hydrogens is 286 g/mol. The Morgan fingerprint density at radius 3 is 2.57 bits per heavy atom. The van der Waals surface area contributed by atoms with Gasteiger partial charge in [-0.15, -0.1) is 0 Å². The number of sulfonamides is 1. The zero-order valence-electron chi connectivity index (χ0n) is 11.5. The summed E-state index contributed by atoms with van der Waals surface area (Å²) in [6.07, 6.45) is 0. The second-order valence-electron chi connectivity index (χ2n) is 4.86. The maximum absolute atomic E-state index is 12.2. The lowest BCUT2D eigenvalue weighted by Gasteiger charge is -2.06. The van der Waals surface area contributed by atoms with Gasteiger partial charge in [0.15, 0.2) is 0 Å². The predicted molar refractivity (Wildman–Crippen MR) is 81.3 cm³/mol. The molecule has 2 aromatic carbocycles. The fourth-order valence-corrected chi connectivity index (χ4v) is 3.11. The Morgan fingerprint density at radius 1 is 1.10 bits per heavy atom. The molecule has 108 valence electrons. The van der Waals surface area contributed by atoms with E-state index in [1.54, 1.807) is 24.3 Å². The third kappa shape index (κ3) is 2.81. The Hall–Kier alpha value is -2.18. The van der Waals surface area contributed by atoms with Crippen LogP contribution in [0.3, 0.4) is 0 Å². The molecule has 0 fully saturated rings. The molecule has 5 nitrogen and oxygen atoms in total. The van der Waals surface area contributed by atoms with Crippen LogP contribution in [-0.2, 0) is 16.6 Å². The molecule has 6 heteroatoms. The van der Waals surface area contributed by atoms with E-state index >= 15 is 0 Å². The van der Waals surface area contributed by atoms with Crippen LogP contribution in [0.1, 0.15) is 11.3 Å². The molecule has 0 aliphatic heterocycles. The van der Waals surface area contributed by atoms with Crippen molar-refractivity contribution in [2.45, 2.75) is 18.4 Å². The minimum absolute atomic E-state index is 0.177. The summed E-state index contributed by atoms with van der Waals surface area (Å²) in [5, 5.41) is 7.93. The Labute approximate surface area is 123 Å². The molecule has 1 aromatic heterocycles. The summed E-state index contributed by atoms with van der Waals surface area (Å²) in [7, 11) is -3.52. The average Bonchev–Trinajstić information content (AvgIpc) is 2.89. The van der Waals surface area contributed by atoms with Gasteiger partial charge in [-0.2, -0.15) is 5.10 Å². The molecule has 2 N–H and O–H groups in total. The van der Waals surface area contributed by atoms with E-state index < -0.39 is 10.0 Å². The predicted octanol–water partition coefficient (Wildman–Crippen LogP) is 2.35. The number of H-pyrrole nitrogens is 1. The van der Waals surface area contributed by atoms with E-state index in [2.05, 4.69) is 14.9 Å². The van der Waals surface area contributed by atoms with E-state index in [-0.39, 0.29) is 11.4 Å². The van der Waals surface area contributed by atoms with Gasteiger partial charge in [0.25, 0.3) is 0 Å². The standard InChI is InChI=1S/C15H15N3O2S/c1-11-6-8-12(9-7-11)21(19,20)16-10-15-13-4-2-3-5-14(13)17-18-15/h2-9,16H,10H2,1H3,(H,17,18). The summed E-state index contributed by atoms with van der Waals surface area (Å²) in [5.74, 6) is 0. The van der Waals surface area contributed by atoms with E-state index in [9.17, 15) is 8.42 Å². The van der Waals surface area contributed by atoms with E-state index in [1.807, 2.05) is 31.2 Å². The maximum Gasteiger partial charge on any atom is 0.240 e. The normalized spacial score (nSPS) is 11.9. The van der Waals surface area contributed by atoms with Gasteiger partial charge in [0, 0.05) is 5.39 Å². The minimum Gasteiger partial charge on any atom is -0.280 e. The highest BCUT2D eigenvalue weighted by atomic mass is 32.2. The fourth-order valence-electron chi connectivity index (χ4n) is 2.12. The Balaban J connectivity index is 1.82. The molecular formula is C15H15N3O2S. The number of aromatic nitrogens is 2. The molecule has 0 radical (unpaired) electrons. The van der Waals surface area contributed by atoms with Gasteiger partial charge in [0.2, 0.25) is 10.0 Å². The third-order valence-electron chi connectivity index (χ3n) is 3.31. The van der Waals surface area contributed by atoms with Gasteiger partial charge in [-0.25, -0.2) is 13.1 Å². The number of rotatable bonds is 4. The van der Waals surface area contributed by atoms with Crippen LogP contribution >= 0.6 is 0 Å². The van der Waals surface area contributed by atoms with E-state index in [1.165, 1.54) is 0 Å². The highest BCUT2D eigenvalue weighted by Gasteiger charge is 2.14. The van der Waals surface area contributed by atoms with Crippen LogP contribution in [-0.4, -0.2) is 18.6 Å². The van der Waals surface area contributed by atoms with Crippen molar-refractivity contribution in [1.82, 2.24) is 14.9 Å². The summed E-state index contributed by atoms with van der Waals surface area (Å²) >= 11 is 0. The number of nitrogens with zero attached hydrogens (tertiary/aromatic N) is 1. The van der Waals surface area contributed by atoms with Crippen molar-refractivity contribution in [3.63, 3.8) is 0 Å². The zero-order chi connectivity index (χ0) is 14.9. The van der Waals surface area contributed by atoms with Crippen molar-refractivity contribution < 1.29 is 8.42 Å². The van der Waals surface area contributed by atoms with Gasteiger partial charge in [-0.1, -0.05) is 35.9 Å². The molecule has 0 aliphatic carbocycles. The van der Waals surface area contributed by atoms with Crippen molar-refractivity contribution >= 4 is 20.9 Å². The van der Waals surface area contributed by atoms with Crippen LogP contribution in [0.25, 0.3) is 10.9 Å². The summed E-state index contributed by atoms with van der Waals surface area (Å²) in [6, 6.07) is 14.3. The molecule has 0 bridgehead atoms. The van der Waals surface area contributed by atoms with Crippen LogP contribution < -0.4 is 4.72 Å². The van der Waals surface area contributed by atoms with Crippen LogP contribution in [0.15, 0.2) is 53.4 Å². The highest BCUT2D eigenvalue weighted by Crippen LogP contribution is 2.16. The quantitative estimate of drug-likeness (QED) is 0.776. The lowest BCUT2D eigenvalue weighted by molar-refractivity contribution is 0.580. The molecule has 0 amide bonds. The average molecular weight is 301 g/mol. The van der Waals surface area contributed by atoms with Crippen molar-refractivity contribution in [3.05, 3.63) is 59.8 Å². The van der Waals surface area contributed by atoms with E-state index in [4.69, 9.17) is 0 Å². The molecule has 0 saturated carbocycles. The first-order valence-corrected chi connectivity index (χ1v) is 8.03. The zero-order valence-corrected chi connectivity index (χ0v) is 12.3. The van der Waals surface area contributed by atoms with Crippen LogP contribution in [0.4, 0.5) is 0 Å². The molecule has 0 aliphatic rings. The summed E-state index contributed by atoms with van der Waals surface area (Å²) in [4.78, 5) is 0.261. The largest absolute Gasteiger partial charge is 0.280 e. The number of hydrogen-bond acceptors (Lipinski definition) is 3. The minimum atomic E-state index is -3.52. The third-order valence-corrected chi connectivity index (χ3v) is 4.73. The number of para-hydroxylation sites is 1. The second-order valence-corrected chi connectivity index (χ2v) is 6.62. The second kappa shape index (κ2) is 5.31. The molecule has 3 rings (SSSR count). The van der Waals surface area contributed by atoms with Gasteiger partial charge in [0.05, 0.1) is 22.7 Å². The summed E-state index contributed by atoms with van der Waals surface area (Å²) in [5.41, 5.74) is 2.59. The van der Waals surface area contributed by atoms with E-state index in [0.29, 0.717) is 0 Å². The van der Waals surface area contributed by atoms with Gasteiger partial charge < -0.3 is 0 Å². The number of nitrogens with one attached hydrogen (secondary N) is 2. The molecule has 21 heavy (non-hydrogen) atoms. The number of aromatic amines is 1. The van der Waals surface area contributed by atoms with Gasteiger partial charge >= 0.3 is 0 Å². The van der Waals surface area contributed by atoms with Crippen molar-refractivity contribution in [1.29, 1.82) is 0 Å². The Kier molecular flexibility index (Phi) is 3.48. The molecule has 0 spiro atoms. The van der Waals surface area contributed by atoms with Gasteiger partial charge in [-0.3, -0.25) is 5.10 Å². The fraction of sp³-hybridized carbons (Fsp3) is 0.133. The highest BCUT2D eigenvalue weighted by molar-refractivity contribution is 7.89. The Morgan fingerprint density at radius 2 is 1.81 bits per heavy atom. The smallest absolute Gasteiger partial charge is 0.240 e. The lowest BCUT2D eigenvalue weighted by atomic mass is 10.2. The van der Waals surface area contributed by atoms with Crippen LogP contribution in [0.2, 0.25) is 0 Å². The maximum atomic E-state index is 12.2. The first kappa shape index (κ1) is 13.8. The molecule has 0 saturated heterocycles. The first-order chi connectivity index (χ1) is 10.1. The van der Waals surface area contributed by atoms with Crippen molar-refractivity contribution in [2.75, 3.05) is 0 Å². The summed E-state index contributed by atoms with van der Waals surface area (Å²) < 4.78 is 27.0. The monoisotopic (exact) mass is 301 g/mol. The number of hydrogen-bond donors (Lipinski definition) is 2. The number of aryl methyl sites for hydroxylation is 1. The number of fused-ring (bicyclic) bond motifs is 1. The van der Waals surface area contributed by atoms with E-state index in [0.717, 1.165) is 22.2 Å². The van der Waals surface area contributed by atoms with Gasteiger partial charge in [0.1, 0.15) is 0 Å². The topological polar surface area (TPSA) is 74.8 Å². The lowest BCUT2D eigenvalue weighted by Crippen LogP contribution is -2.23. The molecule has 0 atom stereocenters. The summed E-state index contributed by atoms with van der Waals surface area (Å²) in [6.45, 7) is 2.09. The molecule has 3 aromatic rings. The van der Waals surface area contributed by atoms with Crippen molar-refractivity contribution in [2.24, 2.45) is 0 Å². The Bertz CT molecular complexity index is 867. The molecule has 0 unspecified atom stereocenters. The number of benzene rings is 2. The van der Waals surface area contributed by atoms with Gasteiger partial charge in [-0.05, 0) is 25.1 Å². The van der Waals surface area contributed by atoms with Crippen molar-refractivity contribution in [3.8, 4) is 0 Å². The molecule has 1 heterocycles. The SMILES string of the molecule is Cc1ccc(S(=O)(=O)NCc2[nH]nc3ccccc23)cc1. The van der Waals surface area contributed by atoms with Crippen LogP contribution in [0.5, 0.6) is 0 Å².